The molecule has 1 amide bonds. The maximum absolute atomic E-state index is 12.9. The van der Waals surface area contributed by atoms with Gasteiger partial charge in [0.05, 0.1) is 10.9 Å². The van der Waals surface area contributed by atoms with E-state index in [1.54, 1.807) is 6.07 Å². The summed E-state index contributed by atoms with van der Waals surface area (Å²) in [5.41, 5.74) is 1.41. The predicted octanol–water partition coefficient (Wildman–Crippen LogP) is 2.08. The van der Waals surface area contributed by atoms with Crippen molar-refractivity contribution in [1.29, 1.82) is 0 Å². The molecule has 1 aromatic rings. The molecule has 1 aliphatic heterocycles. The van der Waals surface area contributed by atoms with Crippen LogP contribution in [0.3, 0.4) is 0 Å². The molecule has 62 valence electrons. The average molecular weight is 230 g/mol. The molecule has 0 spiro atoms. The smallest absolute Gasteiger partial charge is 0.228 e. The molecule has 4 heteroatoms. The van der Waals surface area contributed by atoms with Crippen molar-refractivity contribution in [1.82, 2.24) is 0 Å². The summed E-state index contributed by atoms with van der Waals surface area (Å²) in [7, 11) is 0. The lowest BCUT2D eigenvalue weighted by Crippen LogP contribution is -2.03. The van der Waals surface area contributed by atoms with E-state index in [0.717, 1.165) is 0 Å². The first-order valence-electron chi connectivity index (χ1n) is 3.45. The zero-order chi connectivity index (χ0) is 8.72. The van der Waals surface area contributed by atoms with Crippen LogP contribution in [0.5, 0.6) is 0 Å². The fraction of sp³-hybridized carbons (Fsp3) is 0.125. The van der Waals surface area contributed by atoms with Crippen molar-refractivity contribution in [3.8, 4) is 0 Å². The van der Waals surface area contributed by atoms with Crippen molar-refractivity contribution < 1.29 is 9.18 Å². The minimum atomic E-state index is -0.328. The zero-order valence-electron chi connectivity index (χ0n) is 6.03. The van der Waals surface area contributed by atoms with Crippen LogP contribution in [0.2, 0.25) is 0 Å². The molecule has 2 nitrogen and oxygen atoms in total. The van der Waals surface area contributed by atoms with Crippen LogP contribution in [-0.2, 0) is 11.2 Å². The normalized spacial score (nSPS) is 14.3. The van der Waals surface area contributed by atoms with Gasteiger partial charge in [-0.25, -0.2) is 4.39 Å². The number of carbonyl (C=O) groups is 1. The Bertz CT molecular complexity index is 364. The first-order valence-corrected chi connectivity index (χ1v) is 4.24. The topological polar surface area (TPSA) is 29.1 Å². The van der Waals surface area contributed by atoms with Crippen molar-refractivity contribution in [3.63, 3.8) is 0 Å². The van der Waals surface area contributed by atoms with Gasteiger partial charge in [0.15, 0.2) is 0 Å². The molecule has 0 saturated carbocycles. The van der Waals surface area contributed by atoms with E-state index in [-0.39, 0.29) is 18.1 Å². The monoisotopic (exact) mass is 229 g/mol. The summed E-state index contributed by atoms with van der Waals surface area (Å²) in [5, 5.41) is 2.63. The number of nitrogens with one attached hydrogen (secondary N) is 1. The van der Waals surface area contributed by atoms with Gasteiger partial charge in [0.1, 0.15) is 5.82 Å². The highest BCUT2D eigenvalue weighted by molar-refractivity contribution is 9.10. The molecule has 1 N–H and O–H groups in total. The molecule has 1 aliphatic rings. The van der Waals surface area contributed by atoms with Crippen molar-refractivity contribution in [2.24, 2.45) is 0 Å². The summed E-state index contributed by atoms with van der Waals surface area (Å²) in [6.07, 6.45) is 0.258. The predicted molar refractivity (Wildman–Crippen MR) is 46.4 cm³/mol. The summed E-state index contributed by atoms with van der Waals surface area (Å²) in [6.45, 7) is 0. The summed E-state index contributed by atoms with van der Waals surface area (Å²) in [4.78, 5) is 10.9. The minimum absolute atomic E-state index is 0.0868. The van der Waals surface area contributed by atoms with Gasteiger partial charge in [-0.05, 0) is 28.1 Å². The Morgan fingerprint density at radius 1 is 1.50 bits per heavy atom. The van der Waals surface area contributed by atoms with Crippen LogP contribution < -0.4 is 5.32 Å². The van der Waals surface area contributed by atoms with E-state index in [1.807, 2.05) is 0 Å². The molecule has 0 atom stereocenters. The Hall–Kier alpha value is -0.900. The number of hydrogen-bond acceptors (Lipinski definition) is 1. The number of hydrogen-bond donors (Lipinski definition) is 1. The van der Waals surface area contributed by atoms with Crippen molar-refractivity contribution in [2.45, 2.75) is 6.42 Å². The fourth-order valence-electron chi connectivity index (χ4n) is 1.24. The molecule has 0 aromatic heterocycles. The van der Waals surface area contributed by atoms with Crippen molar-refractivity contribution in [2.75, 3.05) is 5.32 Å². The SMILES string of the molecule is O=C1Cc2c(ccc(F)c2Br)N1. The van der Waals surface area contributed by atoms with E-state index in [1.165, 1.54) is 6.07 Å². The third-order valence-corrected chi connectivity index (χ3v) is 2.66. The molecular weight excluding hydrogens is 225 g/mol. The van der Waals surface area contributed by atoms with E-state index in [9.17, 15) is 9.18 Å². The van der Waals surface area contributed by atoms with Crippen molar-refractivity contribution >= 4 is 27.5 Å². The van der Waals surface area contributed by atoms with E-state index >= 15 is 0 Å². The first-order chi connectivity index (χ1) is 5.68. The van der Waals surface area contributed by atoms with Crippen molar-refractivity contribution in [3.05, 3.63) is 28.0 Å². The highest BCUT2D eigenvalue weighted by Crippen LogP contribution is 2.31. The molecule has 1 aromatic carbocycles. The molecule has 2 rings (SSSR count). The maximum Gasteiger partial charge on any atom is 0.228 e. The van der Waals surface area contributed by atoms with Crippen LogP contribution in [-0.4, -0.2) is 5.91 Å². The van der Waals surface area contributed by atoms with Gasteiger partial charge in [0.25, 0.3) is 0 Å². The number of rotatable bonds is 0. The molecular formula is C8H5BrFNO. The highest BCUT2D eigenvalue weighted by Gasteiger charge is 2.21. The summed E-state index contributed by atoms with van der Waals surface area (Å²) < 4.78 is 13.3. The number of amides is 1. The van der Waals surface area contributed by atoms with E-state index in [0.29, 0.717) is 15.7 Å². The number of carbonyl (C=O) groups excluding carboxylic acids is 1. The Morgan fingerprint density at radius 2 is 2.25 bits per heavy atom. The van der Waals surface area contributed by atoms with Gasteiger partial charge in [0, 0.05) is 11.3 Å². The highest BCUT2D eigenvalue weighted by atomic mass is 79.9. The van der Waals surface area contributed by atoms with Gasteiger partial charge >= 0.3 is 0 Å². The second-order valence-corrected chi connectivity index (χ2v) is 3.41. The number of anilines is 1. The summed E-state index contributed by atoms with van der Waals surface area (Å²) >= 11 is 3.09. The lowest BCUT2D eigenvalue weighted by molar-refractivity contribution is -0.115. The lowest BCUT2D eigenvalue weighted by Gasteiger charge is -2.00. The number of halogens is 2. The van der Waals surface area contributed by atoms with Gasteiger partial charge in [-0.15, -0.1) is 0 Å². The Morgan fingerprint density at radius 3 is 3.00 bits per heavy atom. The number of benzene rings is 1. The van der Waals surface area contributed by atoms with Crippen LogP contribution in [0.4, 0.5) is 10.1 Å². The second kappa shape index (κ2) is 2.55. The maximum atomic E-state index is 12.9. The Kier molecular flexibility index (Phi) is 1.65. The number of fused-ring (bicyclic) bond motifs is 1. The third kappa shape index (κ3) is 1.03. The van der Waals surface area contributed by atoms with Gasteiger partial charge < -0.3 is 5.32 Å². The molecule has 0 aliphatic carbocycles. The molecule has 0 fully saturated rings. The summed E-state index contributed by atoms with van der Waals surface area (Å²) in [6, 6.07) is 2.90. The van der Waals surface area contributed by atoms with Crippen LogP contribution >= 0.6 is 15.9 Å². The van der Waals surface area contributed by atoms with Gasteiger partial charge in [-0.1, -0.05) is 0 Å². The molecule has 0 unspecified atom stereocenters. The van der Waals surface area contributed by atoms with Gasteiger partial charge in [-0.3, -0.25) is 4.79 Å². The van der Waals surface area contributed by atoms with E-state index in [4.69, 9.17) is 0 Å². The van der Waals surface area contributed by atoms with Crippen LogP contribution in [0.15, 0.2) is 16.6 Å². The van der Waals surface area contributed by atoms with Crippen LogP contribution in [0.1, 0.15) is 5.56 Å². The second-order valence-electron chi connectivity index (χ2n) is 2.61. The standard InChI is InChI=1S/C8H5BrFNO/c9-8-4-3-7(12)11-6(4)2-1-5(8)10/h1-2H,3H2,(H,11,12). The molecule has 0 bridgehead atoms. The molecule has 1 heterocycles. The Balaban J connectivity index is 2.61. The molecule has 0 radical (unpaired) electrons. The first kappa shape index (κ1) is 7.73. The van der Waals surface area contributed by atoms with Gasteiger partial charge in [-0.2, -0.15) is 0 Å². The van der Waals surface area contributed by atoms with Crippen LogP contribution in [0.25, 0.3) is 0 Å². The quantitative estimate of drug-likeness (QED) is 0.726. The van der Waals surface area contributed by atoms with Gasteiger partial charge in [0.2, 0.25) is 5.91 Å². The average Bonchev–Trinajstić information content (AvgIpc) is 2.39. The largest absolute Gasteiger partial charge is 0.325 e. The lowest BCUT2D eigenvalue weighted by atomic mass is 10.1. The van der Waals surface area contributed by atoms with E-state index in [2.05, 4.69) is 21.2 Å². The van der Waals surface area contributed by atoms with E-state index < -0.39 is 0 Å². The molecule has 0 saturated heterocycles. The zero-order valence-corrected chi connectivity index (χ0v) is 7.61. The molecule has 12 heavy (non-hydrogen) atoms. The minimum Gasteiger partial charge on any atom is -0.325 e. The third-order valence-electron chi connectivity index (χ3n) is 1.81. The van der Waals surface area contributed by atoms with Crippen LogP contribution in [0, 0.1) is 5.82 Å². The fourth-order valence-corrected chi connectivity index (χ4v) is 1.72. The Labute approximate surface area is 76.9 Å². The summed E-state index contributed by atoms with van der Waals surface area (Å²) in [5.74, 6) is -0.415.